The van der Waals surface area contributed by atoms with Gasteiger partial charge in [0.15, 0.2) is 0 Å². The van der Waals surface area contributed by atoms with Crippen molar-refractivity contribution in [2.45, 2.75) is 0 Å². The Morgan fingerprint density at radius 2 is 2.20 bits per heavy atom. The number of anilines is 1. The molecule has 1 amide bonds. The minimum absolute atomic E-state index is 0.174. The second kappa shape index (κ2) is 5.34. The van der Waals surface area contributed by atoms with Crippen molar-refractivity contribution < 1.29 is 9.53 Å². The summed E-state index contributed by atoms with van der Waals surface area (Å²) >= 11 is 7.71. The first kappa shape index (κ1) is 13.3. The zero-order valence-corrected chi connectivity index (χ0v) is 12.2. The Hall–Kier alpha value is -1.72. The summed E-state index contributed by atoms with van der Waals surface area (Å²) in [5.41, 5.74) is 1.03. The van der Waals surface area contributed by atoms with Crippen LogP contribution in [0.5, 0.6) is 11.6 Å². The van der Waals surface area contributed by atoms with Crippen molar-refractivity contribution in [1.82, 2.24) is 4.98 Å². The normalized spacial score (nSPS) is 13.3. The van der Waals surface area contributed by atoms with Crippen LogP contribution in [0.2, 0.25) is 5.02 Å². The highest BCUT2D eigenvalue weighted by atomic mass is 35.5. The number of aromatic nitrogens is 1. The van der Waals surface area contributed by atoms with Gasteiger partial charge >= 0.3 is 0 Å². The molecule has 6 heteroatoms. The summed E-state index contributed by atoms with van der Waals surface area (Å²) < 4.78 is 5.76. The van der Waals surface area contributed by atoms with Crippen molar-refractivity contribution in [3.8, 4) is 11.6 Å². The van der Waals surface area contributed by atoms with Crippen molar-refractivity contribution in [3.05, 3.63) is 47.1 Å². The summed E-state index contributed by atoms with van der Waals surface area (Å²) in [5.74, 6) is 1.18. The number of ether oxygens (including phenoxy) is 1. The average molecular weight is 307 g/mol. The molecule has 1 aromatic carbocycles. The van der Waals surface area contributed by atoms with Gasteiger partial charge in [0.1, 0.15) is 17.0 Å². The summed E-state index contributed by atoms with van der Waals surface area (Å²) in [4.78, 5) is 18.6. The van der Waals surface area contributed by atoms with Crippen molar-refractivity contribution in [2.75, 3.05) is 17.0 Å². The maximum atomic E-state index is 12.7. The van der Waals surface area contributed by atoms with Crippen LogP contribution in [-0.2, 0) is 0 Å². The van der Waals surface area contributed by atoms with Gasteiger partial charge < -0.3 is 4.74 Å². The first-order chi connectivity index (χ1) is 9.72. The molecule has 2 aromatic rings. The molecule has 1 aliphatic heterocycles. The number of benzene rings is 1. The zero-order chi connectivity index (χ0) is 14.1. The number of nitrogens with zero attached hydrogens (tertiary/aromatic N) is 2. The van der Waals surface area contributed by atoms with Gasteiger partial charge in [-0.15, -0.1) is 11.8 Å². The smallest absolute Gasteiger partial charge is 0.264 e. The number of halogens is 1. The molecule has 0 N–H and O–H groups in total. The van der Waals surface area contributed by atoms with Gasteiger partial charge in [-0.1, -0.05) is 17.7 Å². The predicted molar refractivity (Wildman–Crippen MR) is 81.0 cm³/mol. The van der Waals surface area contributed by atoms with E-state index >= 15 is 0 Å². The molecule has 0 bridgehead atoms. The van der Waals surface area contributed by atoms with Crippen molar-refractivity contribution in [1.29, 1.82) is 0 Å². The number of pyridine rings is 1. The van der Waals surface area contributed by atoms with Crippen LogP contribution in [0.4, 0.5) is 5.69 Å². The van der Waals surface area contributed by atoms with E-state index in [4.69, 9.17) is 16.3 Å². The number of hydrogen-bond donors (Lipinski definition) is 0. The molecule has 0 unspecified atom stereocenters. The Kier molecular flexibility index (Phi) is 3.54. The molecule has 0 atom stereocenters. The number of amides is 1. The van der Waals surface area contributed by atoms with E-state index in [-0.39, 0.29) is 5.91 Å². The quantitative estimate of drug-likeness (QED) is 0.846. The van der Waals surface area contributed by atoms with Crippen LogP contribution in [0.25, 0.3) is 0 Å². The van der Waals surface area contributed by atoms with Gasteiger partial charge in [-0.3, -0.25) is 9.69 Å². The molecule has 20 heavy (non-hydrogen) atoms. The van der Waals surface area contributed by atoms with Crippen LogP contribution < -0.4 is 9.64 Å². The summed E-state index contributed by atoms with van der Waals surface area (Å²) in [6, 6.07) is 8.75. The van der Waals surface area contributed by atoms with E-state index in [9.17, 15) is 4.79 Å². The van der Waals surface area contributed by atoms with Crippen LogP contribution in [0.1, 0.15) is 10.4 Å². The minimum Gasteiger partial charge on any atom is -0.436 e. The molecular formula is C14H11ClN2O2S. The van der Waals surface area contributed by atoms with E-state index in [0.717, 1.165) is 0 Å². The summed E-state index contributed by atoms with van der Waals surface area (Å²) in [7, 11) is 0. The fourth-order valence-corrected chi connectivity index (χ4v) is 2.83. The lowest BCUT2D eigenvalue weighted by molar-refractivity contribution is 0.0992. The molecule has 0 radical (unpaired) electrons. The van der Waals surface area contributed by atoms with E-state index in [1.807, 2.05) is 12.3 Å². The van der Waals surface area contributed by atoms with Crippen LogP contribution >= 0.6 is 23.4 Å². The standard InChI is InChI=1S/C14H11ClN2O2S/c1-20-8-17-10-5-3-7-16-13(10)19-11-6-2-4-9(15)12(11)14(17)18/h2-7H,8H2,1H3. The Bertz CT molecular complexity index is 678. The SMILES string of the molecule is CSCN1C(=O)c2c(Cl)cccc2Oc2ncccc21. The number of hydrogen-bond acceptors (Lipinski definition) is 4. The molecule has 0 saturated heterocycles. The summed E-state index contributed by atoms with van der Waals surface area (Å²) in [6.45, 7) is 0. The van der Waals surface area contributed by atoms with Crippen molar-refractivity contribution in [2.24, 2.45) is 0 Å². The van der Waals surface area contributed by atoms with Gasteiger partial charge in [0.25, 0.3) is 5.91 Å². The highest BCUT2D eigenvalue weighted by Gasteiger charge is 2.30. The van der Waals surface area contributed by atoms with Gasteiger partial charge in [-0.25, -0.2) is 4.98 Å². The Labute approximate surface area is 125 Å². The molecule has 1 aromatic heterocycles. The lowest BCUT2D eigenvalue weighted by Crippen LogP contribution is -2.30. The molecule has 3 rings (SSSR count). The molecular weight excluding hydrogens is 296 g/mol. The Balaban J connectivity index is 2.22. The van der Waals surface area contributed by atoms with E-state index in [2.05, 4.69) is 4.98 Å². The number of fused-ring (bicyclic) bond motifs is 2. The maximum Gasteiger partial charge on any atom is 0.264 e. The number of rotatable bonds is 2. The molecule has 102 valence electrons. The van der Waals surface area contributed by atoms with Crippen molar-refractivity contribution >= 4 is 35.0 Å². The van der Waals surface area contributed by atoms with Crippen LogP contribution in [0, 0.1) is 0 Å². The molecule has 0 aliphatic carbocycles. The van der Waals surface area contributed by atoms with Crippen LogP contribution in [0.15, 0.2) is 36.5 Å². The fraction of sp³-hybridized carbons (Fsp3) is 0.143. The lowest BCUT2D eigenvalue weighted by Gasteiger charge is -2.20. The van der Waals surface area contributed by atoms with Crippen LogP contribution in [-0.4, -0.2) is 23.0 Å². The molecule has 0 saturated carbocycles. The van der Waals surface area contributed by atoms with Crippen molar-refractivity contribution in [3.63, 3.8) is 0 Å². The van der Waals surface area contributed by atoms with Gasteiger partial charge in [-0.05, 0) is 30.5 Å². The van der Waals surface area contributed by atoms with E-state index in [1.165, 1.54) is 0 Å². The molecule has 1 aliphatic rings. The third-order valence-corrected chi connectivity index (χ3v) is 3.77. The minimum atomic E-state index is -0.174. The first-order valence-electron chi connectivity index (χ1n) is 5.94. The largest absolute Gasteiger partial charge is 0.436 e. The second-order valence-electron chi connectivity index (χ2n) is 4.19. The summed E-state index contributed by atoms with van der Waals surface area (Å²) in [5, 5.41) is 0.381. The fourth-order valence-electron chi connectivity index (χ4n) is 2.07. The van der Waals surface area contributed by atoms with E-state index in [0.29, 0.717) is 33.8 Å². The van der Waals surface area contributed by atoms with E-state index in [1.54, 1.807) is 47.1 Å². The Morgan fingerprint density at radius 1 is 1.35 bits per heavy atom. The highest BCUT2D eigenvalue weighted by Crippen LogP contribution is 2.39. The predicted octanol–water partition coefficient (Wildman–Crippen LogP) is 3.81. The number of carbonyl (C=O) groups is 1. The molecule has 0 fully saturated rings. The van der Waals surface area contributed by atoms with Crippen LogP contribution in [0.3, 0.4) is 0 Å². The maximum absolute atomic E-state index is 12.7. The Morgan fingerprint density at radius 3 is 3.00 bits per heavy atom. The van der Waals surface area contributed by atoms with Gasteiger partial charge in [0.2, 0.25) is 5.88 Å². The third-order valence-electron chi connectivity index (χ3n) is 2.94. The lowest BCUT2D eigenvalue weighted by atomic mass is 10.2. The molecule has 2 heterocycles. The van der Waals surface area contributed by atoms with Gasteiger partial charge in [-0.2, -0.15) is 0 Å². The van der Waals surface area contributed by atoms with Gasteiger partial charge in [0, 0.05) is 6.20 Å². The molecule has 0 spiro atoms. The topological polar surface area (TPSA) is 42.4 Å². The first-order valence-corrected chi connectivity index (χ1v) is 7.71. The van der Waals surface area contributed by atoms with E-state index < -0.39 is 0 Å². The van der Waals surface area contributed by atoms with Gasteiger partial charge in [0.05, 0.1) is 10.9 Å². The third kappa shape index (κ3) is 2.13. The monoisotopic (exact) mass is 306 g/mol. The number of carbonyl (C=O) groups excluding carboxylic acids is 1. The molecule has 4 nitrogen and oxygen atoms in total. The average Bonchev–Trinajstić information content (AvgIpc) is 2.56. The highest BCUT2D eigenvalue weighted by molar-refractivity contribution is 7.98. The number of thioether (sulfide) groups is 1. The zero-order valence-electron chi connectivity index (χ0n) is 10.7. The second-order valence-corrected chi connectivity index (χ2v) is 5.44. The summed E-state index contributed by atoms with van der Waals surface area (Å²) in [6.07, 6.45) is 3.57.